The molecule has 8 heteroatoms. The summed E-state index contributed by atoms with van der Waals surface area (Å²) in [6.45, 7) is 9.46. The van der Waals surface area contributed by atoms with Gasteiger partial charge in [-0.05, 0) is 26.7 Å². The maximum absolute atomic E-state index is 11.9. The summed E-state index contributed by atoms with van der Waals surface area (Å²) >= 11 is 0. The second-order valence-electron chi connectivity index (χ2n) is 6.76. The Morgan fingerprint density at radius 3 is 2.04 bits per heavy atom. The third-order valence-electron chi connectivity index (χ3n) is 3.18. The Kier molecular flexibility index (Phi) is 9.35. The van der Waals surface area contributed by atoms with Gasteiger partial charge >= 0.3 is 18.0 Å². The molecule has 0 radical (unpaired) electrons. The van der Waals surface area contributed by atoms with Gasteiger partial charge in [-0.3, -0.25) is 9.59 Å². The van der Waals surface area contributed by atoms with Gasteiger partial charge in [0.2, 0.25) is 0 Å². The first-order valence-electron chi connectivity index (χ1n) is 7.87. The van der Waals surface area contributed by atoms with E-state index in [1.54, 1.807) is 20.8 Å². The maximum atomic E-state index is 11.9. The normalized spacial score (nSPS) is 13.8. The van der Waals surface area contributed by atoms with Crippen molar-refractivity contribution in [1.82, 2.24) is 10.6 Å². The van der Waals surface area contributed by atoms with Crippen LogP contribution in [0.4, 0.5) is 4.79 Å². The van der Waals surface area contributed by atoms with Crippen molar-refractivity contribution < 1.29 is 28.6 Å². The van der Waals surface area contributed by atoms with E-state index in [-0.39, 0.29) is 24.9 Å². The van der Waals surface area contributed by atoms with E-state index in [2.05, 4.69) is 20.1 Å². The number of ether oxygens (including phenoxy) is 3. The Hall–Kier alpha value is -1.83. The molecule has 0 aromatic heterocycles. The molecule has 1 amide bonds. The standard InChI is InChI=1S/C16H30N2O6/c1-10(2)12(18-15(21)24-16(3,4)5)9-17-11(14(20)23-7)8-13(19)22-6/h10-12,17H,8-9H2,1-7H3,(H,18,21)/t11-,12+/m0/s1. The van der Waals surface area contributed by atoms with Crippen LogP contribution in [0, 0.1) is 5.92 Å². The summed E-state index contributed by atoms with van der Waals surface area (Å²) in [4.78, 5) is 35.1. The molecule has 0 aliphatic heterocycles. The second kappa shape index (κ2) is 10.1. The number of esters is 2. The van der Waals surface area contributed by atoms with E-state index in [4.69, 9.17) is 4.74 Å². The zero-order chi connectivity index (χ0) is 18.9. The lowest BCUT2D eigenvalue weighted by Gasteiger charge is -2.27. The number of methoxy groups -OCH3 is 2. The summed E-state index contributed by atoms with van der Waals surface area (Å²) in [5.74, 6) is -1.01. The van der Waals surface area contributed by atoms with Gasteiger partial charge in [0.1, 0.15) is 11.6 Å². The quantitative estimate of drug-likeness (QED) is 0.503. The average Bonchev–Trinajstić information content (AvgIpc) is 2.46. The van der Waals surface area contributed by atoms with Gasteiger partial charge in [0.05, 0.1) is 20.6 Å². The summed E-state index contributed by atoms with van der Waals surface area (Å²) in [5.41, 5.74) is -0.599. The van der Waals surface area contributed by atoms with E-state index in [1.807, 2.05) is 13.8 Å². The molecule has 24 heavy (non-hydrogen) atoms. The summed E-state index contributed by atoms with van der Waals surface area (Å²) < 4.78 is 14.5. The van der Waals surface area contributed by atoms with Gasteiger partial charge < -0.3 is 24.8 Å². The van der Waals surface area contributed by atoms with Gasteiger partial charge in [-0.15, -0.1) is 0 Å². The van der Waals surface area contributed by atoms with Crippen LogP contribution >= 0.6 is 0 Å². The summed E-state index contributed by atoms with van der Waals surface area (Å²) in [6.07, 6.45) is -0.689. The van der Waals surface area contributed by atoms with Gasteiger partial charge in [0, 0.05) is 12.6 Å². The Labute approximate surface area is 143 Å². The van der Waals surface area contributed by atoms with E-state index < -0.39 is 29.7 Å². The van der Waals surface area contributed by atoms with Gasteiger partial charge in [-0.25, -0.2) is 4.79 Å². The number of nitrogens with one attached hydrogen (secondary N) is 2. The van der Waals surface area contributed by atoms with Crippen LogP contribution in [-0.2, 0) is 23.8 Å². The molecule has 0 aliphatic rings. The third-order valence-corrected chi connectivity index (χ3v) is 3.18. The van der Waals surface area contributed by atoms with Crippen molar-refractivity contribution in [2.75, 3.05) is 20.8 Å². The Morgan fingerprint density at radius 2 is 1.62 bits per heavy atom. The number of hydrogen-bond donors (Lipinski definition) is 2. The summed E-state index contributed by atoms with van der Waals surface area (Å²) in [5, 5.41) is 5.70. The van der Waals surface area contributed by atoms with Crippen molar-refractivity contribution in [3.05, 3.63) is 0 Å². The first-order chi connectivity index (χ1) is 11.0. The highest BCUT2D eigenvalue weighted by Gasteiger charge is 2.26. The van der Waals surface area contributed by atoms with Gasteiger partial charge in [0.15, 0.2) is 0 Å². The molecule has 0 rings (SSSR count). The molecule has 0 saturated carbocycles. The number of carbonyl (C=O) groups excluding carboxylic acids is 3. The molecule has 0 saturated heterocycles. The molecule has 0 aromatic carbocycles. The molecule has 0 fully saturated rings. The van der Waals surface area contributed by atoms with Crippen molar-refractivity contribution in [2.45, 2.75) is 58.7 Å². The van der Waals surface area contributed by atoms with E-state index in [1.165, 1.54) is 14.2 Å². The summed E-state index contributed by atoms with van der Waals surface area (Å²) in [7, 11) is 2.49. The Morgan fingerprint density at radius 1 is 1.04 bits per heavy atom. The number of carbonyl (C=O) groups is 3. The highest BCUT2D eigenvalue weighted by atomic mass is 16.6. The van der Waals surface area contributed by atoms with Crippen molar-refractivity contribution in [3.8, 4) is 0 Å². The van der Waals surface area contributed by atoms with Crippen LogP contribution in [0.5, 0.6) is 0 Å². The molecule has 0 spiro atoms. The molecule has 2 N–H and O–H groups in total. The number of hydrogen-bond acceptors (Lipinski definition) is 7. The molecule has 0 bridgehead atoms. The highest BCUT2D eigenvalue weighted by molar-refractivity contribution is 5.82. The number of rotatable bonds is 8. The topological polar surface area (TPSA) is 103 Å². The summed E-state index contributed by atoms with van der Waals surface area (Å²) in [6, 6.07) is -1.13. The number of amides is 1. The van der Waals surface area contributed by atoms with Gasteiger partial charge in [-0.1, -0.05) is 13.8 Å². The lowest BCUT2D eigenvalue weighted by atomic mass is 10.0. The average molecular weight is 346 g/mol. The minimum Gasteiger partial charge on any atom is -0.469 e. The van der Waals surface area contributed by atoms with Crippen LogP contribution in [0.3, 0.4) is 0 Å². The monoisotopic (exact) mass is 346 g/mol. The van der Waals surface area contributed by atoms with E-state index in [0.29, 0.717) is 0 Å². The molecule has 140 valence electrons. The van der Waals surface area contributed by atoms with Crippen LogP contribution in [0.2, 0.25) is 0 Å². The van der Waals surface area contributed by atoms with Crippen LogP contribution in [0.15, 0.2) is 0 Å². The fraction of sp³-hybridized carbons (Fsp3) is 0.812. The minimum atomic E-state index is -0.843. The second-order valence-corrected chi connectivity index (χ2v) is 6.76. The molecule has 0 heterocycles. The van der Waals surface area contributed by atoms with Crippen LogP contribution in [0.1, 0.15) is 41.0 Å². The van der Waals surface area contributed by atoms with Gasteiger partial charge in [0.25, 0.3) is 0 Å². The first-order valence-corrected chi connectivity index (χ1v) is 7.87. The SMILES string of the molecule is COC(=O)C[C@H](NC[C@@H](NC(=O)OC(C)(C)C)C(C)C)C(=O)OC. The minimum absolute atomic E-state index is 0.0847. The zero-order valence-corrected chi connectivity index (χ0v) is 15.6. The van der Waals surface area contributed by atoms with Crippen molar-refractivity contribution in [1.29, 1.82) is 0 Å². The lowest BCUT2D eigenvalue weighted by molar-refractivity contribution is -0.149. The molecule has 0 aromatic rings. The third kappa shape index (κ3) is 9.34. The Bertz CT molecular complexity index is 431. The zero-order valence-electron chi connectivity index (χ0n) is 15.6. The molecule has 2 atom stereocenters. The largest absolute Gasteiger partial charge is 0.469 e. The van der Waals surface area contributed by atoms with E-state index in [0.717, 1.165) is 0 Å². The lowest BCUT2D eigenvalue weighted by Crippen LogP contribution is -2.51. The predicted molar refractivity (Wildman–Crippen MR) is 88.4 cm³/mol. The molecule has 0 unspecified atom stereocenters. The molecular weight excluding hydrogens is 316 g/mol. The highest BCUT2D eigenvalue weighted by Crippen LogP contribution is 2.09. The smallest absolute Gasteiger partial charge is 0.407 e. The van der Waals surface area contributed by atoms with Crippen molar-refractivity contribution in [3.63, 3.8) is 0 Å². The van der Waals surface area contributed by atoms with Crippen LogP contribution < -0.4 is 10.6 Å². The number of alkyl carbamates (subject to hydrolysis) is 1. The van der Waals surface area contributed by atoms with Gasteiger partial charge in [-0.2, -0.15) is 0 Å². The van der Waals surface area contributed by atoms with E-state index >= 15 is 0 Å². The Balaban J connectivity index is 4.76. The molecule has 0 aliphatic carbocycles. The van der Waals surface area contributed by atoms with E-state index in [9.17, 15) is 14.4 Å². The fourth-order valence-corrected chi connectivity index (χ4v) is 1.81. The fourth-order valence-electron chi connectivity index (χ4n) is 1.81. The van der Waals surface area contributed by atoms with Crippen molar-refractivity contribution in [2.24, 2.45) is 5.92 Å². The molecule has 8 nitrogen and oxygen atoms in total. The maximum Gasteiger partial charge on any atom is 0.407 e. The van der Waals surface area contributed by atoms with Crippen molar-refractivity contribution >= 4 is 18.0 Å². The first kappa shape index (κ1) is 22.2. The van der Waals surface area contributed by atoms with Crippen LogP contribution in [-0.4, -0.2) is 56.5 Å². The predicted octanol–water partition coefficient (Wildman–Crippen LogP) is 1.23. The molecular formula is C16H30N2O6. The van der Waals surface area contributed by atoms with Crippen LogP contribution in [0.25, 0.3) is 0 Å².